The molecule has 3 heterocycles. The van der Waals surface area contributed by atoms with Gasteiger partial charge in [-0.15, -0.1) is 0 Å². The molecule has 0 unspecified atom stereocenters. The third-order valence-corrected chi connectivity index (χ3v) is 4.29. The van der Waals surface area contributed by atoms with E-state index >= 15 is 0 Å². The highest BCUT2D eigenvalue weighted by molar-refractivity contribution is 5.94. The number of ether oxygens (including phenoxy) is 1. The molecule has 138 valence electrons. The van der Waals surface area contributed by atoms with E-state index in [1.807, 2.05) is 0 Å². The highest BCUT2D eigenvalue weighted by Gasteiger charge is 2.25. The van der Waals surface area contributed by atoms with Gasteiger partial charge in [-0.05, 0) is 18.2 Å². The Morgan fingerprint density at radius 2 is 1.96 bits per heavy atom. The molecule has 0 aliphatic carbocycles. The van der Waals surface area contributed by atoms with Crippen molar-refractivity contribution >= 4 is 11.6 Å². The number of rotatable bonds is 4. The van der Waals surface area contributed by atoms with Crippen molar-refractivity contribution in [3.8, 4) is 17.1 Å². The predicted octanol–water partition coefficient (Wildman–Crippen LogP) is 2.51. The van der Waals surface area contributed by atoms with Crippen molar-refractivity contribution in [3.05, 3.63) is 64.5 Å². The second-order valence-corrected chi connectivity index (χ2v) is 5.99. The molecule has 0 saturated carbocycles. The van der Waals surface area contributed by atoms with Gasteiger partial charge in [0.05, 0.1) is 30.1 Å². The first-order valence-electron chi connectivity index (χ1n) is 8.39. The molecule has 0 bridgehead atoms. The van der Waals surface area contributed by atoms with Gasteiger partial charge >= 0.3 is 0 Å². The summed E-state index contributed by atoms with van der Waals surface area (Å²) in [6.07, 6.45) is 1.52. The van der Waals surface area contributed by atoms with Crippen molar-refractivity contribution in [3.63, 3.8) is 0 Å². The van der Waals surface area contributed by atoms with E-state index in [1.54, 1.807) is 35.2 Å². The van der Waals surface area contributed by atoms with E-state index in [-0.39, 0.29) is 11.6 Å². The lowest BCUT2D eigenvalue weighted by Gasteiger charge is -2.26. The van der Waals surface area contributed by atoms with E-state index < -0.39 is 4.92 Å². The zero-order valence-electron chi connectivity index (χ0n) is 14.3. The summed E-state index contributed by atoms with van der Waals surface area (Å²) in [4.78, 5) is 25.4. The van der Waals surface area contributed by atoms with Crippen LogP contribution in [0, 0.1) is 10.1 Å². The Morgan fingerprint density at radius 3 is 2.67 bits per heavy atom. The van der Waals surface area contributed by atoms with Crippen LogP contribution in [-0.2, 0) is 4.74 Å². The molecule has 0 N–H and O–H groups in total. The maximum absolute atomic E-state index is 13.0. The van der Waals surface area contributed by atoms with Gasteiger partial charge in [-0.1, -0.05) is 6.07 Å². The van der Waals surface area contributed by atoms with Gasteiger partial charge in [-0.25, -0.2) is 4.68 Å². The summed E-state index contributed by atoms with van der Waals surface area (Å²) in [5.74, 6) is 0.297. The molecule has 1 saturated heterocycles. The first kappa shape index (κ1) is 17.0. The molecule has 9 heteroatoms. The van der Waals surface area contributed by atoms with Crippen molar-refractivity contribution in [1.82, 2.24) is 14.7 Å². The average molecular weight is 368 g/mol. The van der Waals surface area contributed by atoms with Gasteiger partial charge in [-0.2, -0.15) is 5.10 Å². The minimum Gasteiger partial charge on any atom is -0.463 e. The fraction of sp³-hybridized carbons (Fsp3) is 0.222. The summed E-state index contributed by atoms with van der Waals surface area (Å²) in [5.41, 5.74) is 1.14. The maximum atomic E-state index is 13.0. The number of benzene rings is 1. The Balaban J connectivity index is 1.80. The van der Waals surface area contributed by atoms with Crippen LogP contribution < -0.4 is 0 Å². The van der Waals surface area contributed by atoms with Gasteiger partial charge in [-0.3, -0.25) is 14.9 Å². The SMILES string of the molecule is O=C(c1cc(-c2ccco2)nn1-c1cccc([N+](=O)[O-])c1)N1CCOCC1. The van der Waals surface area contributed by atoms with Crippen molar-refractivity contribution in [1.29, 1.82) is 0 Å². The van der Waals surface area contributed by atoms with Crippen LogP contribution in [0.2, 0.25) is 0 Å². The number of nitrogens with zero attached hydrogens (tertiary/aromatic N) is 4. The minimum atomic E-state index is -0.482. The molecule has 3 aromatic rings. The fourth-order valence-electron chi connectivity index (χ4n) is 2.94. The molecule has 1 aromatic carbocycles. The molecule has 0 spiro atoms. The van der Waals surface area contributed by atoms with Crippen LogP contribution in [0.3, 0.4) is 0 Å². The Kier molecular flexibility index (Phi) is 4.43. The molecule has 1 fully saturated rings. The molecular formula is C18H16N4O5. The summed E-state index contributed by atoms with van der Waals surface area (Å²) >= 11 is 0. The summed E-state index contributed by atoms with van der Waals surface area (Å²) in [6.45, 7) is 1.91. The number of amides is 1. The molecule has 0 radical (unpaired) electrons. The first-order valence-corrected chi connectivity index (χ1v) is 8.39. The van der Waals surface area contributed by atoms with Crippen LogP contribution >= 0.6 is 0 Å². The van der Waals surface area contributed by atoms with Gasteiger partial charge in [0, 0.05) is 31.3 Å². The van der Waals surface area contributed by atoms with E-state index in [1.165, 1.54) is 23.1 Å². The van der Waals surface area contributed by atoms with Crippen LogP contribution in [-0.4, -0.2) is 51.8 Å². The van der Waals surface area contributed by atoms with Crippen LogP contribution in [0.25, 0.3) is 17.1 Å². The van der Waals surface area contributed by atoms with E-state index in [0.29, 0.717) is 49.1 Å². The number of carbonyl (C=O) groups excluding carboxylic acids is 1. The molecule has 9 nitrogen and oxygen atoms in total. The number of non-ortho nitro benzene ring substituents is 1. The lowest BCUT2D eigenvalue weighted by Crippen LogP contribution is -2.41. The van der Waals surface area contributed by atoms with E-state index in [4.69, 9.17) is 9.15 Å². The van der Waals surface area contributed by atoms with Crippen LogP contribution in [0.1, 0.15) is 10.5 Å². The zero-order valence-corrected chi connectivity index (χ0v) is 14.3. The number of carbonyl (C=O) groups is 1. The molecule has 1 aliphatic rings. The highest BCUT2D eigenvalue weighted by atomic mass is 16.6. The minimum absolute atomic E-state index is 0.0766. The second-order valence-electron chi connectivity index (χ2n) is 5.99. The summed E-state index contributed by atoms with van der Waals surface area (Å²) in [6, 6.07) is 11.1. The van der Waals surface area contributed by atoms with Crippen molar-refractivity contribution in [2.24, 2.45) is 0 Å². The third-order valence-electron chi connectivity index (χ3n) is 4.29. The third kappa shape index (κ3) is 3.32. The highest BCUT2D eigenvalue weighted by Crippen LogP contribution is 2.25. The van der Waals surface area contributed by atoms with Crippen LogP contribution in [0.5, 0.6) is 0 Å². The number of nitro benzene ring substituents is 1. The van der Waals surface area contributed by atoms with Crippen molar-refractivity contribution in [2.45, 2.75) is 0 Å². The molecule has 1 aliphatic heterocycles. The molecule has 1 amide bonds. The summed E-state index contributed by atoms with van der Waals surface area (Å²) in [5, 5.41) is 15.6. The maximum Gasteiger partial charge on any atom is 0.272 e. The molecule has 0 atom stereocenters. The number of morpholine rings is 1. The smallest absolute Gasteiger partial charge is 0.272 e. The quantitative estimate of drug-likeness (QED) is 0.518. The average Bonchev–Trinajstić information content (AvgIpc) is 3.38. The fourth-order valence-corrected chi connectivity index (χ4v) is 2.94. The number of furan rings is 1. The van der Waals surface area contributed by atoms with E-state index in [2.05, 4.69) is 5.10 Å². The number of aromatic nitrogens is 2. The van der Waals surface area contributed by atoms with E-state index in [9.17, 15) is 14.9 Å². The first-order chi connectivity index (χ1) is 13.1. The largest absolute Gasteiger partial charge is 0.463 e. The van der Waals surface area contributed by atoms with Gasteiger partial charge < -0.3 is 14.1 Å². The van der Waals surface area contributed by atoms with Crippen molar-refractivity contribution < 1.29 is 18.9 Å². The van der Waals surface area contributed by atoms with Crippen molar-refractivity contribution in [2.75, 3.05) is 26.3 Å². The number of hydrogen-bond donors (Lipinski definition) is 0. The Labute approximate surface area is 153 Å². The normalized spacial score (nSPS) is 14.3. The summed E-state index contributed by atoms with van der Waals surface area (Å²) < 4.78 is 12.1. The molecule has 27 heavy (non-hydrogen) atoms. The molecular weight excluding hydrogens is 352 g/mol. The Morgan fingerprint density at radius 1 is 1.15 bits per heavy atom. The van der Waals surface area contributed by atoms with Crippen LogP contribution in [0.15, 0.2) is 53.1 Å². The van der Waals surface area contributed by atoms with Gasteiger partial charge in [0.2, 0.25) is 0 Å². The van der Waals surface area contributed by atoms with E-state index in [0.717, 1.165) is 0 Å². The topological polar surface area (TPSA) is 104 Å². The summed E-state index contributed by atoms with van der Waals surface area (Å²) in [7, 11) is 0. The standard InChI is InChI=1S/C18H16N4O5/c23-18(20-6-9-26-10-7-20)16-12-15(17-5-2-8-27-17)19-21(16)13-3-1-4-14(11-13)22(24)25/h1-5,8,11-12H,6-7,9-10H2. The zero-order chi connectivity index (χ0) is 18.8. The molecule has 2 aromatic heterocycles. The lowest BCUT2D eigenvalue weighted by molar-refractivity contribution is -0.384. The Hall–Kier alpha value is -3.46. The molecule has 4 rings (SSSR count). The number of hydrogen-bond acceptors (Lipinski definition) is 6. The van der Waals surface area contributed by atoms with Gasteiger partial charge in [0.25, 0.3) is 11.6 Å². The van der Waals surface area contributed by atoms with Gasteiger partial charge in [0.1, 0.15) is 11.4 Å². The van der Waals surface area contributed by atoms with Crippen LogP contribution in [0.4, 0.5) is 5.69 Å². The monoisotopic (exact) mass is 368 g/mol. The lowest BCUT2D eigenvalue weighted by atomic mass is 10.2. The second kappa shape index (κ2) is 7.04. The number of nitro groups is 1. The Bertz CT molecular complexity index is 974. The predicted molar refractivity (Wildman–Crippen MR) is 94.6 cm³/mol. The van der Waals surface area contributed by atoms with Gasteiger partial charge in [0.15, 0.2) is 5.76 Å².